The molecular formula is C13H13NO2. The second-order valence-electron chi connectivity index (χ2n) is 4.84. The number of amides is 1. The first-order valence-electron chi connectivity index (χ1n) is 5.90. The summed E-state index contributed by atoms with van der Waals surface area (Å²) in [6.07, 6.45) is 2.80. The van der Waals surface area contributed by atoms with Crippen molar-refractivity contribution in [3.8, 4) is 0 Å². The van der Waals surface area contributed by atoms with Gasteiger partial charge in [0.05, 0.1) is 18.2 Å². The van der Waals surface area contributed by atoms with E-state index in [0.29, 0.717) is 12.2 Å². The number of ether oxygens (including phenoxy) is 1. The van der Waals surface area contributed by atoms with Crippen molar-refractivity contribution in [1.29, 1.82) is 0 Å². The molecule has 1 aromatic rings. The summed E-state index contributed by atoms with van der Waals surface area (Å²) in [7, 11) is 0. The van der Waals surface area contributed by atoms with E-state index in [1.54, 1.807) is 0 Å². The SMILES string of the molecule is O=C1c2ccccc2[C@@H]2C[C@H]3O[C@H]3CCN12. The van der Waals surface area contributed by atoms with E-state index >= 15 is 0 Å². The monoisotopic (exact) mass is 215 g/mol. The summed E-state index contributed by atoms with van der Waals surface area (Å²) in [6.45, 7) is 0.847. The van der Waals surface area contributed by atoms with Gasteiger partial charge in [-0.2, -0.15) is 0 Å². The zero-order valence-corrected chi connectivity index (χ0v) is 8.93. The van der Waals surface area contributed by atoms with Crippen molar-refractivity contribution < 1.29 is 9.53 Å². The molecule has 0 unspecified atom stereocenters. The average Bonchev–Trinajstić information content (AvgIpc) is 3.00. The molecule has 16 heavy (non-hydrogen) atoms. The molecule has 0 radical (unpaired) electrons. The number of benzene rings is 1. The smallest absolute Gasteiger partial charge is 0.254 e. The standard InChI is InChI=1S/C13H13NO2/c15-13-9-4-2-1-3-8(9)10-7-12-11(16-12)5-6-14(10)13/h1-4,10-12H,5-7H2/t10-,11-,12+/m0/s1. The minimum atomic E-state index is 0.210. The lowest BCUT2D eigenvalue weighted by Gasteiger charge is -2.23. The van der Waals surface area contributed by atoms with Crippen LogP contribution in [0.3, 0.4) is 0 Å². The van der Waals surface area contributed by atoms with Crippen molar-refractivity contribution in [2.24, 2.45) is 0 Å². The Morgan fingerprint density at radius 2 is 2.12 bits per heavy atom. The Bertz CT molecular complexity index is 471. The summed E-state index contributed by atoms with van der Waals surface area (Å²) in [5.41, 5.74) is 2.09. The Morgan fingerprint density at radius 1 is 1.25 bits per heavy atom. The van der Waals surface area contributed by atoms with E-state index in [0.717, 1.165) is 24.9 Å². The van der Waals surface area contributed by atoms with Gasteiger partial charge in [-0.1, -0.05) is 18.2 Å². The van der Waals surface area contributed by atoms with Gasteiger partial charge in [0.15, 0.2) is 0 Å². The fraction of sp³-hybridized carbons (Fsp3) is 0.462. The molecule has 0 spiro atoms. The third kappa shape index (κ3) is 1.04. The predicted octanol–water partition coefficient (Wildman–Crippen LogP) is 1.74. The average molecular weight is 215 g/mol. The molecule has 3 aliphatic rings. The zero-order chi connectivity index (χ0) is 10.7. The summed E-state index contributed by atoms with van der Waals surface area (Å²) in [6, 6.07) is 8.25. The van der Waals surface area contributed by atoms with Crippen LogP contribution in [0.5, 0.6) is 0 Å². The van der Waals surface area contributed by atoms with Gasteiger partial charge in [0.2, 0.25) is 0 Å². The predicted molar refractivity (Wildman–Crippen MR) is 58.1 cm³/mol. The summed E-state index contributed by atoms with van der Waals surface area (Å²) in [5.74, 6) is 0.210. The van der Waals surface area contributed by atoms with Crippen molar-refractivity contribution in [3.05, 3.63) is 35.4 Å². The Balaban J connectivity index is 1.80. The maximum Gasteiger partial charge on any atom is 0.254 e. The summed E-state index contributed by atoms with van der Waals surface area (Å²) < 4.78 is 5.58. The van der Waals surface area contributed by atoms with E-state index in [9.17, 15) is 4.79 Å². The lowest BCUT2D eigenvalue weighted by Crippen LogP contribution is -2.28. The fourth-order valence-corrected chi connectivity index (χ4v) is 3.08. The maximum absolute atomic E-state index is 12.2. The number of carbonyl (C=O) groups excluding carboxylic acids is 1. The highest BCUT2D eigenvalue weighted by Crippen LogP contribution is 2.44. The molecule has 3 heteroatoms. The molecule has 82 valence electrons. The van der Waals surface area contributed by atoms with E-state index in [-0.39, 0.29) is 11.9 Å². The number of fused-ring (bicyclic) bond motifs is 4. The highest BCUT2D eigenvalue weighted by Gasteiger charge is 2.48. The normalized spacial score (nSPS) is 35.1. The third-order valence-corrected chi connectivity index (χ3v) is 3.99. The minimum absolute atomic E-state index is 0.210. The fourth-order valence-electron chi connectivity index (χ4n) is 3.08. The van der Waals surface area contributed by atoms with Gasteiger partial charge in [-0.3, -0.25) is 4.79 Å². The Labute approximate surface area is 94.0 Å². The molecule has 0 saturated carbocycles. The Hall–Kier alpha value is -1.35. The number of nitrogens with zero attached hydrogens (tertiary/aromatic N) is 1. The lowest BCUT2D eigenvalue weighted by molar-refractivity contribution is 0.0705. The second-order valence-corrected chi connectivity index (χ2v) is 4.84. The maximum atomic E-state index is 12.2. The summed E-state index contributed by atoms with van der Waals surface area (Å²) in [4.78, 5) is 14.2. The van der Waals surface area contributed by atoms with Gasteiger partial charge in [-0.15, -0.1) is 0 Å². The van der Waals surface area contributed by atoms with E-state index in [1.165, 1.54) is 5.56 Å². The largest absolute Gasteiger partial charge is 0.369 e. The third-order valence-electron chi connectivity index (χ3n) is 3.99. The molecule has 1 aromatic carbocycles. The van der Waals surface area contributed by atoms with Crippen LogP contribution in [0, 0.1) is 0 Å². The van der Waals surface area contributed by atoms with E-state index in [4.69, 9.17) is 4.74 Å². The molecule has 2 fully saturated rings. The van der Waals surface area contributed by atoms with Crippen molar-refractivity contribution in [3.63, 3.8) is 0 Å². The van der Waals surface area contributed by atoms with Crippen LogP contribution in [0.15, 0.2) is 24.3 Å². The number of epoxide rings is 1. The zero-order valence-electron chi connectivity index (χ0n) is 8.93. The van der Waals surface area contributed by atoms with Gasteiger partial charge in [-0.25, -0.2) is 0 Å². The van der Waals surface area contributed by atoms with Gasteiger partial charge >= 0.3 is 0 Å². The lowest BCUT2D eigenvalue weighted by atomic mass is 10.0. The van der Waals surface area contributed by atoms with Crippen molar-refractivity contribution in [2.75, 3.05) is 6.54 Å². The molecule has 1 amide bonds. The van der Waals surface area contributed by atoms with Crippen molar-refractivity contribution in [1.82, 2.24) is 4.90 Å². The molecule has 3 atom stereocenters. The number of hydrogen-bond acceptors (Lipinski definition) is 2. The van der Waals surface area contributed by atoms with Crippen LogP contribution in [-0.2, 0) is 4.74 Å². The Morgan fingerprint density at radius 3 is 3.06 bits per heavy atom. The molecule has 3 aliphatic heterocycles. The van der Waals surface area contributed by atoms with Crippen LogP contribution < -0.4 is 0 Å². The molecule has 0 aromatic heterocycles. The van der Waals surface area contributed by atoms with Crippen molar-refractivity contribution >= 4 is 5.91 Å². The van der Waals surface area contributed by atoms with E-state index < -0.39 is 0 Å². The van der Waals surface area contributed by atoms with Crippen LogP contribution in [0.2, 0.25) is 0 Å². The van der Waals surface area contributed by atoms with Crippen LogP contribution in [0.4, 0.5) is 0 Å². The van der Waals surface area contributed by atoms with E-state index in [2.05, 4.69) is 6.07 Å². The van der Waals surface area contributed by atoms with Gasteiger partial charge in [0.1, 0.15) is 0 Å². The number of hydrogen-bond donors (Lipinski definition) is 0. The number of rotatable bonds is 0. The summed E-state index contributed by atoms with van der Waals surface area (Å²) in [5, 5.41) is 0. The highest BCUT2D eigenvalue weighted by atomic mass is 16.6. The highest BCUT2D eigenvalue weighted by molar-refractivity contribution is 5.99. The van der Waals surface area contributed by atoms with Crippen LogP contribution in [0.1, 0.15) is 34.8 Å². The van der Waals surface area contributed by atoms with Crippen molar-refractivity contribution in [2.45, 2.75) is 31.1 Å². The quantitative estimate of drug-likeness (QED) is 0.618. The van der Waals surface area contributed by atoms with Gasteiger partial charge in [-0.05, 0) is 18.1 Å². The van der Waals surface area contributed by atoms with Crippen LogP contribution in [0.25, 0.3) is 0 Å². The molecule has 2 saturated heterocycles. The van der Waals surface area contributed by atoms with Crippen LogP contribution >= 0.6 is 0 Å². The second kappa shape index (κ2) is 2.86. The molecule has 3 heterocycles. The number of carbonyl (C=O) groups is 1. The van der Waals surface area contributed by atoms with Gasteiger partial charge < -0.3 is 9.64 Å². The van der Waals surface area contributed by atoms with Gasteiger partial charge in [0.25, 0.3) is 5.91 Å². The molecule has 3 nitrogen and oxygen atoms in total. The minimum Gasteiger partial charge on any atom is -0.369 e. The first-order chi connectivity index (χ1) is 7.84. The molecular weight excluding hydrogens is 202 g/mol. The van der Waals surface area contributed by atoms with Crippen LogP contribution in [-0.4, -0.2) is 29.6 Å². The molecule has 4 rings (SSSR count). The van der Waals surface area contributed by atoms with Gasteiger partial charge in [0, 0.05) is 18.5 Å². The van der Waals surface area contributed by atoms with E-state index in [1.807, 2.05) is 23.1 Å². The summed E-state index contributed by atoms with van der Waals surface area (Å²) >= 11 is 0. The first kappa shape index (κ1) is 8.76. The molecule has 0 aliphatic carbocycles. The molecule has 0 N–H and O–H groups in total. The topological polar surface area (TPSA) is 32.8 Å². The molecule has 0 bridgehead atoms. The first-order valence-corrected chi connectivity index (χ1v) is 5.90. The Kier molecular flexibility index (Phi) is 1.56.